The van der Waals surface area contributed by atoms with Crippen LogP contribution in [0.1, 0.15) is 11.1 Å². The van der Waals surface area contributed by atoms with Gasteiger partial charge in [0, 0.05) is 22.7 Å². The number of anilines is 6. The molecule has 0 unspecified atom stereocenters. The second-order valence-corrected chi connectivity index (χ2v) is 16.7. The van der Waals surface area contributed by atoms with E-state index in [9.17, 15) is 26.4 Å². The fraction of sp³-hybridized carbons (Fsp3) is 0.0244. The molecule has 0 saturated carbocycles. The third-order valence-corrected chi connectivity index (χ3v) is 11.4. The molecular weight excluding hydrogens is 829 g/mol. The first-order valence-electron chi connectivity index (χ1n) is 17.6. The second-order valence-electron chi connectivity index (χ2n) is 12.6. The molecule has 0 spiro atoms. The maximum Gasteiger partial charge on any atom is 0.333 e. The van der Waals surface area contributed by atoms with Crippen LogP contribution >= 0.6 is 24.4 Å². The van der Waals surface area contributed by atoms with Gasteiger partial charge in [0.15, 0.2) is 10.2 Å². The van der Waals surface area contributed by atoms with E-state index in [0.29, 0.717) is 29.2 Å². The van der Waals surface area contributed by atoms with Gasteiger partial charge in [-0.15, -0.1) is 0 Å². The van der Waals surface area contributed by atoms with Gasteiger partial charge in [-0.25, -0.2) is 35.9 Å². The molecule has 0 aromatic heterocycles. The SMILES string of the molecule is O=C(Nc1ccc(Cc2ccc(NC(=O)NS(=O)(=O)c3ccccc3NC(=S)Nc3ccccc3)cc2)cc1)NS(=O)(=O)c1ccccc1NC(=S)Nc1ccccc1. The standard InChI is InChI=1S/C41H36N8O6S4/c50-38(48-58(52,53)36-17-9-7-15-34(36)46-40(56)44-30-11-3-1-4-12-30)42-32-23-19-28(20-24-32)27-29-21-25-33(26-22-29)43-39(51)49-59(54,55)37-18-10-8-16-35(37)47-41(57)45-31-13-5-2-6-14-31/h1-26H,27H2,(H2,42,48,50)(H2,43,49,51)(H2,44,46,56)(H2,45,47,57). The van der Waals surface area contributed by atoms with Crippen molar-refractivity contribution in [3.63, 3.8) is 0 Å². The summed E-state index contributed by atoms with van der Waals surface area (Å²) in [6.45, 7) is 0. The molecule has 0 atom stereocenters. The van der Waals surface area contributed by atoms with Crippen LogP contribution in [0.5, 0.6) is 0 Å². The number of hydrogen-bond acceptors (Lipinski definition) is 8. The van der Waals surface area contributed by atoms with Crippen LogP contribution in [0.25, 0.3) is 0 Å². The quantitative estimate of drug-likeness (QED) is 0.0554. The van der Waals surface area contributed by atoms with E-state index >= 15 is 0 Å². The van der Waals surface area contributed by atoms with Crippen molar-refractivity contribution in [2.45, 2.75) is 16.2 Å². The molecule has 0 fully saturated rings. The van der Waals surface area contributed by atoms with Crippen LogP contribution in [0, 0.1) is 0 Å². The van der Waals surface area contributed by atoms with Crippen LogP contribution in [0.2, 0.25) is 0 Å². The zero-order valence-electron chi connectivity index (χ0n) is 30.8. The largest absolute Gasteiger partial charge is 0.333 e. The van der Waals surface area contributed by atoms with Gasteiger partial charge in [0.05, 0.1) is 11.4 Å². The number of rotatable bonds is 12. The van der Waals surface area contributed by atoms with Gasteiger partial charge in [-0.2, -0.15) is 0 Å². The summed E-state index contributed by atoms with van der Waals surface area (Å²) >= 11 is 10.7. The predicted molar refractivity (Wildman–Crippen MR) is 240 cm³/mol. The van der Waals surface area contributed by atoms with E-state index < -0.39 is 32.1 Å². The average molecular weight is 865 g/mol. The maximum atomic E-state index is 13.2. The third kappa shape index (κ3) is 12.1. The molecule has 0 aliphatic rings. The summed E-state index contributed by atoms with van der Waals surface area (Å²) in [5.74, 6) is 0. The molecule has 0 bridgehead atoms. The molecule has 0 saturated heterocycles. The number of carbonyl (C=O) groups excluding carboxylic acids is 2. The molecule has 300 valence electrons. The highest BCUT2D eigenvalue weighted by Gasteiger charge is 2.23. The Balaban J connectivity index is 0.989. The lowest BCUT2D eigenvalue weighted by Crippen LogP contribution is -2.35. The van der Waals surface area contributed by atoms with Crippen molar-refractivity contribution in [2.24, 2.45) is 0 Å². The predicted octanol–water partition coefficient (Wildman–Crippen LogP) is 7.92. The molecule has 0 aliphatic heterocycles. The molecule has 6 aromatic carbocycles. The Morgan fingerprint density at radius 2 is 0.712 bits per heavy atom. The van der Waals surface area contributed by atoms with Crippen LogP contribution in [0.3, 0.4) is 0 Å². The van der Waals surface area contributed by atoms with Crippen molar-refractivity contribution >= 4 is 101 Å². The Hall–Kier alpha value is -6.86. The number of sulfonamides is 2. The number of carbonyl (C=O) groups is 2. The van der Waals surface area contributed by atoms with Crippen molar-refractivity contribution in [1.82, 2.24) is 9.44 Å². The van der Waals surface area contributed by atoms with Crippen molar-refractivity contribution in [3.05, 3.63) is 169 Å². The van der Waals surface area contributed by atoms with Gasteiger partial charge < -0.3 is 31.9 Å². The summed E-state index contributed by atoms with van der Waals surface area (Å²) in [4.78, 5) is 25.2. The lowest BCUT2D eigenvalue weighted by atomic mass is 10.0. The Bertz CT molecular complexity index is 2500. The first-order valence-corrected chi connectivity index (χ1v) is 21.4. The van der Waals surface area contributed by atoms with Gasteiger partial charge in [0.25, 0.3) is 20.0 Å². The van der Waals surface area contributed by atoms with Gasteiger partial charge in [0.1, 0.15) is 9.79 Å². The molecule has 8 N–H and O–H groups in total. The number of thiocarbonyl (C=S) groups is 2. The smallest absolute Gasteiger partial charge is 0.332 e. The van der Waals surface area contributed by atoms with E-state index in [1.165, 1.54) is 36.4 Å². The topological polar surface area (TPSA) is 199 Å². The molecule has 4 amide bonds. The van der Waals surface area contributed by atoms with Crippen molar-refractivity contribution in [3.8, 4) is 0 Å². The monoisotopic (exact) mass is 864 g/mol. The van der Waals surface area contributed by atoms with Crippen LogP contribution in [-0.4, -0.2) is 39.1 Å². The summed E-state index contributed by atoms with van der Waals surface area (Å²) in [5.41, 5.74) is 4.23. The number of nitrogens with one attached hydrogen (secondary N) is 8. The minimum absolute atomic E-state index is 0.165. The Morgan fingerprint density at radius 1 is 0.390 bits per heavy atom. The molecule has 59 heavy (non-hydrogen) atoms. The van der Waals surface area contributed by atoms with E-state index in [4.69, 9.17) is 24.4 Å². The van der Waals surface area contributed by atoms with E-state index in [-0.39, 0.29) is 31.4 Å². The number of para-hydroxylation sites is 4. The zero-order valence-corrected chi connectivity index (χ0v) is 34.1. The highest BCUT2D eigenvalue weighted by Crippen LogP contribution is 2.24. The lowest BCUT2D eigenvalue weighted by Gasteiger charge is -2.15. The highest BCUT2D eigenvalue weighted by atomic mass is 32.2. The van der Waals surface area contributed by atoms with Crippen molar-refractivity contribution in [2.75, 3.05) is 31.9 Å². The van der Waals surface area contributed by atoms with Crippen LogP contribution in [-0.2, 0) is 26.5 Å². The van der Waals surface area contributed by atoms with E-state index in [1.54, 1.807) is 84.9 Å². The molecule has 18 heteroatoms. The fourth-order valence-corrected chi connectivity index (χ4v) is 8.13. The van der Waals surface area contributed by atoms with E-state index in [2.05, 4.69) is 31.9 Å². The molecule has 0 heterocycles. The van der Waals surface area contributed by atoms with Gasteiger partial charge in [-0.05, 0) is 115 Å². The molecule has 0 aliphatic carbocycles. The van der Waals surface area contributed by atoms with Crippen LogP contribution in [0.4, 0.5) is 43.7 Å². The summed E-state index contributed by atoms with van der Waals surface area (Å²) in [6.07, 6.45) is 0.483. The van der Waals surface area contributed by atoms with Gasteiger partial charge in [0.2, 0.25) is 0 Å². The average Bonchev–Trinajstić information content (AvgIpc) is 3.20. The first-order chi connectivity index (χ1) is 28.3. The highest BCUT2D eigenvalue weighted by molar-refractivity contribution is 7.90. The second kappa shape index (κ2) is 19.1. The van der Waals surface area contributed by atoms with Crippen LogP contribution < -0.4 is 41.3 Å². The molecular formula is C41H36N8O6S4. The van der Waals surface area contributed by atoms with Crippen molar-refractivity contribution in [1.29, 1.82) is 0 Å². The number of benzene rings is 6. The summed E-state index contributed by atoms with van der Waals surface area (Å²) in [5, 5.41) is 17.1. The third-order valence-electron chi connectivity index (χ3n) is 8.20. The van der Waals surface area contributed by atoms with Crippen molar-refractivity contribution < 1.29 is 26.4 Å². The molecule has 6 aromatic rings. The minimum atomic E-state index is -4.31. The number of hydrogen-bond donors (Lipinski definition) is 8. The number of amides is 4. The van der Waals surface area contributed by atoms with Crippen LogP contribution in [0.15, 0.2) is 168 Å². The Labute approximate surface area is 352 Å². The van der Waals surface area contributed by atoms with Gasteiger partial charge >= 0.3 is 12.1 Å². The lowest BCUT2D eigenvalue weighted by molar-refractivity contribution is 0.255. The summed E-state index contributed by atoms with van der Waals surface area (Å²) in [7, 11) is -8.61. The zero-order chi connectivity index (χ0) is 41.8. The van der Waals surface area contributed by atoms with E-state index in [0.717, 1.165) is 11.1 Å². The number of urea groups is 2. The fourth-order valence-electron chi connectivity index (χ4n) is 5.54. The Kier molecular flexibility index (Phi) is 13.5. The summed E-state index contributed by atoms with van der Waals surface area (Å²) in [6, 6.07) is 42.0. The first kappa shape index (κ1) is 41.8. The summed E-state index contributed by atoms with van der Waals surface area (Å²) < 4.78 is 56.9. The maximum absolute atomic E-state index is 13.2. The van der Waals surface area contributed by atoms with Gasteiger partial charge in [-0.1, -0.05) is 84.9 Å². The van der Waals surface area contributed by atoms with Gasteiger partial charge in [-0.3, -0.25) is 0 Å². The molecule has 6 rings (SSSR count). The molecule has 14 nitrogen and oxygen atoms in total. The Morgan fingerprint density at radius 3 is 1.08 bits per heavy atom. The normalized spacial score (nSPS) is 11.0. The molecule has 0 radical (unpaired) electrons. The minimum Gasteiger partial charge on any atom is -0.332 e. The van der Waals surface area contributed by atoms with E-state index in [1.807, 2.05) is 45.8 Å².